The Morgan fingerprint density at radius 3 is 2.35 bits per heavy atom. The van der Waals surface area contributed by atoms with Crippen molar-refractivity contribution in [3.63, 3.8) is 0 Å². The smallest absolute Gasteiger partial charge is 0.0518 e. The average Bonchev–Trinajstić information content (AvgIpc) is 2.44. The lowest BCUT2D eigenvalue weighted by molar-refractivity contribution is 0.0768. The van der Waals surface area contributed by atoms with E-state index in [2.05, 4.69) is 57.3 Å². The standard InChI is InChI=1S/C18H31NO/c1-5-6-8-17-9-11-18(12-10-17)16(4)19-13-7-14-20-15(2)3/h9-12,15-16,19H,5-8,13-14H2,1-4H3. The van der Waals surface area contributed by atoms with E-state index in [0.717, 1.165) is 19.6 Å². The van der Waals surface area contributed by atoms with Crippen molar-refractivity contribution in [1.29, 1.82) is 0 Å². The lowest BCUT2D eigenvalue weighted by Crippen LogP contribution is -2.21. The molecule has 1 rings (SSSR count). The van der Waals surface area contributed by atoms with Crippen LogP contribution >= 0.6 is 0 Å². The Balaban J connectivity index is 2.26. The summed E-state index contributed by atoms with van der Waals surface area (Å²) in [5, 5.41) is 3.56. The van der Waals surface area contributed by atoms with E-state index >= 15 is 0 Å². The molecule has 1 N–H and O–H groups in total. The van der Waals surface area contributed by atoms with E-state index in [-0.39, 0.29) is 0 Å². The number of ether oxygens (including phenoxy) is 1. The van der Waals surface area contributed by atoms with Gasteiger partial charge in [-0.25, -0.2) is 0 Å². The van der Waals surface area contributed by atoms with E-state index in [9.17, 15) is 0 Å². The van der Waals surface area contributed by atoms with Crippen LogP contribution in [0.1, 0.15) is 64.1 Å². The molecular formula is C18H31NO. The Bertz CT molecular complexity index is 345. The highest BCUT2D eigenvalue weighted by Crippen LogP contribution is 2.14. The molecule has 0 amide bonds. The van der Waals surface area contributed by atoms with E-state index in [4.69, 9.17) is 4.74 Å². The van der Waals surface area contributed by atoms with Crippen molar-refractivity contribution in [2.75, 3.05) is 13.2 Å². The first-order chi connectivity index (χ1) is 9.63. The second-order valence-electron chi connectivity index (χ2n) is 5.79. The second kappa shape index (κ2) is 9.95. The van der Waals surface area contributed by atoms with Gasteiger partial charge in [-0.3, -0.25) is 0 Å². The maximum Gasteiger partial charge on any atom is 0.0518 e. The number of nitrogens with one attached hydrogen (secondary N) is 1. The number of aryl methyl sites for hydroxylation is 1. The zero-order chi connectivity index (χ0) is 14.8. The zero-order valence-corrected chi connectivity index (χ0v) is 13.6. The van der Waals surface area contributed by atoms with Gasteiger partial charge in [0.15, 0.2) is 0 Å². The highest BCUT2D eigenvalue weighted by atomic mass is 16.5. The summed E-state index contributed by atoms with van der Waals surface area (Å²) in [6.07, 6.45) is 5.15. The fourth-order valence-electron chi connectivity index (χ4n) is 2.18. The van der Waals surface area contributed by atoms with Crippen molar-refractivity contribution in [1.82, 2.24) is 5.32 Å². The molecule has 0 aromatic heterocycles. The first kappa shape index (κ1) is 17.2. The van der Waals surface area contributed by atoms with Gasteiger partial charge in [-0.05, 0) is 57.7 Å². The molecule has 0 heterocycles. The molecule has 1 atom stereocenters. The maximum atomic E-state index is 5.54. The van der Waals surface area contributed by atoms with Crippen LogP contribution < -0.4 is 5.32 Å². The Morgan fingerprint density at radius 2 is 1.75 bits per heavy atom. The lowest BCUT2D eigenvalue weighted by Gasteiger charge is -2.15. The van der Waals surface area contributed by atoms with Crippen molar-refractivity contribution in [2.24, 2.45) is 0 Å². The highest BCUT2D eigenvalue weighted by molar-refractivity contribution is 5.24. The van der Waals surface area contributed by atoms with Gasteiger partial charge in [-0.1, -0.05) is 37.6 Å². The molecule has 0 aliphatic carbocycles. The van der Waals surface area contributed by atoms with Crippen LogP contribution in [-0.4, -0.2) is 19.3 Å². The second-order valence-corrected chi connectivity index (χ2v) is 5.79. The predicted octanol–water partition coefficient (Wildman–Crippen LogP) is 4.49. The van der Waals surface area contributed by atoms with Crippen LogP contribution in [0.3, 0.4) is 0 Å². The summed E-state index contributed by atoms with van der Waals surface area (Å²) in [5.41, 5.74) is 2.82. The Kier molecular flexibility index (Phi) is 8.56. The van der Waals surface area contributed by atoms with Gasteiger partial charge in [0.05, 0.1) is 6.10 Å². The Hall–Kier alpha value is -0.860. The van der Waals surface area contributed by atoms with Crippen LogP contribution in [0.2, 0.25) is 0 Å². The van der Waals surface area contributed by atoms with E-state index in [1.54, 1.807) is 0 Å². The molecule has 0 fully saturated rings. The molecule has 0 radical (unpaired) electrons. The fraction of sp³-hybridized carbons (Fsp3) is 0.667. The number of hydrogen-bond acceptors (Lipinski definition) is 2. The molecule has 0 aliphatic rings. The molecule has 114 valence electrons. The summed E-state index contributed by atoms with van der Waals surface area (Å²) in [5.74, 6) is 0. The van der Waals surface area contributed by atoms with Crippen LogP contribution in [0.5, 0.6) is 0 Å². The third-order valence-electron chi connectivity index (χ3n) is 3.52. The van der Waals surface area contributed by atoms with Gasteiger partial charge < -0.3 is 10.1 Å². The molecule has 0 aliphatic heterocycles. The van der Waals surface area contributed by atoms with Crippen LogP contribution in [-0.2, 0) is 11.2 Å². The first-order valence-electron chi connectivity index (χ1n) is 8.07. The van der Waals surface area contributed by atoms with E-state index in [1.807, 2.05) is 0 Å². The van der Waals surface area contributed by atoms with Gasteiger partial charge in [0.2, 0.25) is 0 Å². The van der Waals surface area contributed by atoms with E-state index in [0.29, 0.717) is 12.1 Å². The zero-order valence-electron chi connectivity index (χ0n) is 13.6. The quantitative estimate of drug-likeness (QED) is 0.636. The van der Waals surface area contributed by atoms with Gasteiger partial charge in [0, 0.05) is 12.6 Å². The molecule has 0 spiro atoms. The Labute approximate surface area is 124 Å². The third-order valence-corrected chi connectivity index (χ3v) is 3.52. The van der Waals surface area contributed by atoms with Gasteiger partial charge in [0.25, 0.3) is 0 Å². The van der Waals surface area contributed by atoms with Gasteiger partial charge in [-0.15, -0.1) is 0 Å². The summed E-state index contributed by atoms with van der Waals surface area (Å²) in [7, 11) is 0. The third kappa shape index (κ3) is 7.06. The number of hydrogen-bond donors (Lipinski definition) is 1. The van der Waals surface area contributed by atoms with Crippen molar-refractivity contribution in [2.45, 2.75) is 65.5 Å². The SMILES string of the molecule is CCCCc1ccc(C(C)NCCCOC(C)C)cc1. The van der Waals surface area contributed by atoms with Crippen LogP contribution in [0.4, 0.5) is 0 Å². The largest absolute Gasteiger partial charge is 0.379 e. The Morgan fingerprint density at radius 1 is 1.05 bits per heavy atom. The van der Waals surface area contributed by atoms with Crippen molar-refractivity contribution >= 4 is 0 Å². The number of rotatable bonds is 10. The van der Waals surface area contributed by atoms with E-state index < -0.39 is 0 Å². The minimum atomic E-state index is 0.336. The maximum absolute atomic E-state index is 5.54. The molecule has 1 unspecified atom stereocenters. The summed E-state index contributed by atoms with van der Waals surface area (Å²) in [4.78, 5) is 0. The van der Waals surface area contributed by atoms with Crippen molar-refractivity contribution in [3.05, 3.63) is 35.4 Å². The summed E-state index contributed by atoms with van der Waals surface area (Å²) in [6, 6.07) is 9.46. The predicted molar refractivity (Wildman–Crippen MR) is 87.2 cm³/mol. The van der Waals surface area contributed by atoms with Gasteiger partial charge in [-0.2, -0.15) is 0 Å². The lowest BCUT2D eigenvalue weighted by atomic mass is 10.0. The fourth-order valence-corrected chi connectivity index (χ4v) is 2.18. The molecule has 20 heavy (non-hydrogen) atoms. The molecule has 0 bridgehead atoms. The van der Waals surface area contributed by atoms with Crippen molar-refractivity contribution < 1.29 is 4.74 Å². The monoisotopic (exact) mass is 277 g/mol. The number of benzene rings is 1. The topological polar surface area (TPSA) is 21.3 Å². The first-order valence-corrected chi connectivity index (χ1v) is 8.07. The molecule has 2 nitrogen and oxygen atoms in total. The minimum Gasteiger partial charge on any atom is -0.379 e. The summed E-state index contributed by atoms with van der Waals surface area (Å²) in [6.45, 7) is 10.5. The van der Waals surface area contributed by atoms with E-state index in [1.165, 1.54) is 30.4 Å². The average molecular weight is 277 g/mol. The molecular weight excluding hydrogens is 246 g/mol. The van der Waals surface area contributed by atoms with Gasteiger partial charge >= 0.3 is 0 Å². The summed E-state index contributed by atoms with van der Waals surface area (Å²) < 4.78 is 5.54. The molecule has 1 aromatic rings. The number of unbranched alkanes of at least 4 members (excludes halogenated alkanes) is 1. The van der Waals surface area contributed by atoms with Crippen LogP contribution in [0, 0.1) is 0 Å². The normalized spacial score (nSPS) is 12.8. The van der Waals surface area contributed by atoms with Crippen LogP contribution in [0.15, 0.2) is 24.3 Å². The van der Waals surface area contributed by atoms with Gasteiger partial charge in [0.1, 0.15) is 0 Å². The minimum absolute atomic E-state index is 0.336. The molecule has 2 heteroatoms. The summed E-state index contributed by atoms with van der Waals surface area (Å²) >= 11 is 0. The molecule has 1 aromatic carbocycles. The highest BCUT2D eigenvalue weighted by Gasteiger charge is 2.04. The molecule has 0 saturated carbocycles. The molecule has 0 saturated heterocycles. The van der Waals surface area contributed by atoms with Crippen molar-refractivity contribution in [3.8, 4) is 0 Å². The van der Waals surface area contributed by atoms with Crippen LogP contribution in [0.25, 0.3) is 0 Å².